The Kier molecular flexibility index (Phi) is 9.69. The van der Waals surface area contributed by atoms with E-state index in [2.05, 4.69) is 26.1 Å². The molecule has 1 aromatic heterocycles. The largest absolute Gasteiger partial charge is 0.469 e. The molecule has 7 heteroatoms. The molecule has 35 heavy (non-hydrogen) atoms. The number of methoxy groups -OCH3 is 2. The van der Waals surface area contributed by atoms with Crippen molar-refractivity contribution in [2.24, 2.45) is 16.7 Å². The third-order valence-electron chi connectivity index (χ3n) is 8.66. The van der Waals surface area contributed by atoms with Crippen molar-refractivity contribution in [2.75, 3.05) is 26.2 Å². The average Bonchev–Trinajstić information content (AvgIpc) is 3.31. The van der Waals surface area contributed by atoms with Crippen molar-refractivity contribution in [3.05, 3.63) is 34.8 Å². The number of aldehydes is 1. The second-order valence-electron chi connectivity index (χ2n) is 10.6. The van der Waals surface area contributed by atoms with Crippen molar-refractivity contribution in [2.45, 2.75) is 84.4 Å². The maximum absolute atomic E-state index is 12.9. The van der Waals surface area contributed by atoms with Crippen LogP contribution in [0.25, 0.3) is 0 Å². The molecule has 5 atom stereocenters. The van der Waals surface area contributed by atoms with E-state index in [4.69, 9.17) is 13.9 Å². The first kappa shape index (κ1) is 28.0. The van der Waals surface area contributed by atoms with Crippen LogP contribution in [-0.2, 0) is 25.5 Å². The van der Waals surface area contributed by atoms with Crippen LogP contribution in [0.4, 0.5) is 0 Å². The third-order valence-corrected chi connectivity index (χ3v) is 9.30. The molecule has 1 saturated carbocycles. The van der Waals surface area contributed by atoms with Gasteiger partial charge in [0.05, 0.1) is 24.8 Å². The lowest BCUT2D eigenvalue weighted by Gasteiger charge is -2.54. The van der Waals surface area contributed by atoms with Gasteiger partial charge in [0, 0.05) is 7.11 Å². The number of ether oxygens (including phenoxy) is 2. The van der Waals surface area contributed by atoms with E-state index in [0.29, 0.717) is 0 Å². The van der Waals surface area contributed by atoms with Gasteiger partial charge in [0.2, 0.25) is 0 Å². The Morgan fingerprint density at radius 2 is 2.09 bits per heavy atom. The first-order valence-corrected chi connectivity index (χ1v) is 14.2. The molecule has 1 aromatic rings. The first-order valence-electron chi connectivity index (χ1n) is 12.8. The fourth-order valence-corrected chi connectivity index (χ4v) is 7.26. The predicted molar refractivity (Wildman–Crippen MR) is 140 cm³/mol. The number of allylic oxidation sites excluding steroid dienone is 2. The van der Waals surface area contributed by atoms with Crippen LogP contribution in [0, 0.1) is 16.7 Å². The van der Waals surface area contributed by atoms with Crippen LogP contribution in [-0.4, -0.2) is 44.5 Å². The van der Waals surface area contributed by atoms with Crippen LogP contribution in [0.1, 0.15) is 83.3 Å². The highest BCUT2D eigenvalue weighted by Crippen LogP contribution is 2.60. The molecule has 1 fully saturated rings. The summed E-state index contributed by atoms with van der Waals surface area (Å²) in [6, 6.07) is 1.73. The molecule has 2 unspecified atom stereocenters. The van der Waals surface area contributed by atoms with Gasteiger partial charge in [-0.2, -0.15) is 11.8 Å². The number of aryl methyl sites for hydroxylation is 1. The van der Waals surface area contributed by atoms with Crippen molar-refractivity contribution in [3.63, 3.8) is 0 Å². The monoisotopic (exact) mass is 505 g/mol. The predicted octanol–water partition coefficient (Wildman–Crippen LogP) is 5.86. The standard InChI is InChI=1S/C28H43NO5S/c1-19-8-11-23-27(2,14-7-15-28(23,3)26(31)33-5)22(19)10-9-20-12-16-34-24(20)25(32-4)29-21(18-30)13-17-35-6/h12,16,18,21,23,25,29H,7-11,13-15,17H2,1-6H3/t21?,23-,25?,27-,28+/m1/s1. The van der Waals surface area contributed by atoms with Gasteiger partial charge in [0.25, 0.3) is 0 Å². The summed E-state index contributed by atoms with van der Waals surface area (Å²) in [6.07, 6.45) is 11.8. The maximum Gasteiger partial charge on any atom is 0.311 e. The fraction of sp³-hybridized carbons (Fsp3) is 0.714. The summed E-state index contributed by atoms with van der Waals surface area (Å²) in [4.78, 5) is 24.4. The minimum Gasteiger partial charge on any atom is -0.469 e. The minimum atomic E-state index is -0.473. The molecule has 6 nitrogen and oxygen atoms in total. The van der Waals surface area contributed by atoms with Gasteiger partial charge in [0.1, 0.15) is 6.29 Å². The van der Waals surface area contributed by atoms with Crippen LogP contribution in [0.5, 0.6) is 0 Å². The lowest BCUT2D eigenvalue weighted by atomic mass is 9.49. The second-order valence-corrected chi connectivity index (χ2v) is 11.6. The highest BCUT2D eigenvalue weighted by molar-refractivity contribution is 7.98. The zero-order valence-corrected chi connectivity index (χ0v) is 23.1. The molecule has 2 aliphatic carbocycles. The van der Waals surface area contributed by atoms with Gasteiger partial charge in [0.15, 0.2) is 12.0 Å². The molecule has 0 aliphatic heterocycles. The number of nitrogens with one attached hydrogen (secondary N) is 1. The van der Waals surface area contributed by atoms with E-state index in [-0.39, 0.29) is 23.3 Å². The van der Waals surface area contributed by atoms with Crippen molar-refractivity contribution in [1.82, 2.24) is 5.32 Å². The molecule has 0 spiro atoms. The average molecular weight is 506 g/mol. The summed E-state index contributed by atoms with van der Waals surface area (Å²) in [7, 11) is 3.15. The van der Waals surface area contributed by atoms with E-state index >= 15 is 0 Å². The van der Waals surface area contributed by atoms with E-state index in [0.717, 1.165) is 74.7 Å². The molecule has 2 aliphatic rings. The minimum absolute atomic E-state index is 0.00718. The van der Waals surface area contributed by atoms with Crippen molar-refractivity contribution < 1.29 is 23.5 Å². The van der Waals surface area contributed by atoms with Gasteiger partial charge in [-0.05, 0) is 93.8 Å². The van der Waals surface area contributed by atoms with Crippen LogP contribution >= 0.6 is 11.8 Å². The zero-order valence-electron chi connectivity index (χ0n) is 22.3. The topological polar surface area (TPSA) is 77.8 Å². The van der Waals surface area contributed by atoms with Gasteiger partial charge < -0.3 is 18.7 Å². The molecule has 0 amide bonds. The summed E-state index contributed by atoms with van der Waals surface area (Å²) >= 11 is 1.72. The summed E-state index contributed by atoms with van der Waals surface area (Å²) in [5.41, 5.74) is 3.61. The molecule has 1 N–H and O–H groups in total. The normalized spacial score (nSPS) is 28.3. The first-order chi connectivity index (χ1) is 16.7. The van der Waals surface area contributed by atoms with E-state index < -0.39 is 11.6 Å². The van der Waals surface area contributed by atoms with E-state index in [1.54, 1.807) is 25.1 Å². The molecular formula is C28H43NO5S. The Hall–Kier alpha value is -1.57. The number of hydrogen-bond donors (Lipinski definition) is 1. The summed E-state index contributed by atoms with van der Waals surface area (Å²) in [6.45, 7) is 6.74. The number of esters is 1. The van der Waals surface area contributed by atoms with Gasteiger partial charge in [-0.25, -0.2) is 0 Å². The Labute approximate surface area is 215 Å². The second kappa shape index (κ2) is 12.1. The van der Waals surface area contributed by atoms with Crippen LogP contribution in [0.2, 0.25) is 0 Å². The van der Waals surface area contributed by atoms with Crippen LogP contribution < -0.4 is 5.32 Å². The number of carbonyl (C=O) groups excluding carboxylic acids is 2. The molecule has 0 bridgehead atoms. The molecule has 3 rings (SSSR count). The van der Waals surface area contributed by atoms with Gasteiger partial charge >= 0.3 is 5.97 Å². The number of carbonyl (C=O) groups is 2. The Morgan fingerprint density at radius 3 is 2.74 bits per heavy atom. The third kappa shape index (κ3) is 5.72. The van der Waals surface area contributed by atoms with Crippen molar-refractivity contribution in [3.8, 4) is 0 Å². The SMILES string of the molecule is COC(=O)[C@@]1(C)CCC[C@]2(C)C(CCc3ccoc3C(NC(C=O)CCSC)OC)=C(C)CC[C@@H]12. The van der Waals surface area contributed by atoms with Crippen molar-refractivity contribution >= 4 is 24.0 Å². The molecule has 0 radical (unpaired) electrons. The molecule has 1 heterocycles. The fourth-order valence-electron chi connectivity index (χ4n) is 6.77. The lowest BCUT2D eigenvalue weighted by Crippen LogP contribution is -2.50. The number of rotatable bonds is 12. The van der Waals surface area contributed by atoms with Gasteiger partial charge in [-0.1, -0.05) is 24.5 Å². The van der Waals surface area contributed by atoms with Crippen LogP contribution in [0.15, 0.2) is 27.9 Å². The van der Waals surface area contributed by atoms with Crippen molar-refractivity contribution in [1.29, 1.82) is 0 Å². The Morgan fingerprint density at radius 1 is 1.31 bits per heavy atom. The Bertz CT molecular complexity index is 911. The highest BCUT2D eigenvalue weighted by Gasteiger charge is 2.55. The number of fused-ring (bicyclic) bond motifs is 1. The molecule has 0 aromatic carbocycles. The number of hydrogen-bond acceptors (Lipinski definition) is 7. The zero-order chi connectivity index (χ0) is 25.6. The smallest absolute Gasteiger partial charge is 0.311 e. The summed E-state index contributed by atoms with van der Waals surface area (Å²) in [5, 5.41) is 3.30. The van der Waals surface area contributed by atoms with E-state index in [1.165, 1.54) is 18.3 Å². The summed E-state index contributed by atoms with van der Waals surface area (Å²) in [5.74, 6) is 1.86. The molecular weight excluding hydrogens is 462 g/mol. The van der Waals surface area contributed by atoms with Crippen LogP contribution in [0.3, 0.4) is 0 Å². The van der Waals surface area contributed by atoms with Gasteiger partial charge in [-0.15, -0.1) is 0 Å². The highest BCUT2D eigenvalue weighted by atomic mass is 32.2. The molecule has 196 valence electrons. The van der Waals surface area contributed by atoms with Gasteiger partial charge in [-0.3, -0.25) is 10.1 Å². The number of thioether (sulfide) groups is 1. The quantitative estimate of drug-likeness (QED) is 0.165. The maximum atomic E-state index is 12.9. The van der Waals surface area contributed by atoms with E-state index in [1.807, 2.05) is 12.3 Å². The molecule has 0 saturated heterocycles. The lowest BCUT2D eigenvalue weighted by molar-refractivity contribution is -0.163. The van der Waals surface area contributed by atoms with E-state index in [9.17, 15) is 9.59 Å². The summed E-state index contributed by atoms with van der Waals surface area (Å²) < 4.78 is 16.8. The Balaban J connectivity index is 1.79. The number of furan rings is 1.